The van der Waals surface area contributed by atoms with Gasteiger partial charge in [-0.3, -0.25) is 4.79 Å². The second-order valence-electron chi connectivity index (χ2n) is 6.01. The van der Waals surface area contributed by atoms with Crippen LogP contribution in [0.1, 0.15) is 43.4 Å². The van der Waals surface area contributed by atoms with Crippen LogP contribution in [0, 0.1) is 0 Å². The molecule has 0 bridgehead atoms. The second kappa shape index (κ2) is 3.82. The molecule has 3 nitrogen and oxygen atoms in total. The number of nitrogens with two attached hydrogens (primary N) is 1. The minimum Gasteiger partial charge on any atom is -0.322 e. The third-order valence-corrected chi connectivity index (χ3v) is 4.02. The van der Waals surface area contributed by atoms with Crippen molar-refractivity contribution in [2.75, 3.05) is 11.4 Å². The number of carbonyl (C=O) groups is 1. The van der Waals surface area contributed by atoms with Gasteiger partial charge in [0.1, 0.15) is 0 Å². The molecule has 0 spiro atoms. The standard InChI is InChI=1S/C15H20N2O/c1-15(2,16)12-8-10-4-3-7-17-13(18)6-5-11(9-12)14(10)17/h8-9H,3-7,16H2,1-2H3. The Labute approximate surface area is 108 Å². The molecule has 2 heterocycles. The van der Waals surface area contributed by atoms with E-state index in [1.165, 1.54) is 22.4 Å². The molecular formula is C15H20N2O. The Balaban J connectivity index is 2.17. The third kappa shape index (κ3) is 1.74. The summed E-state index contributed by atoms with van der Waals surface area (Å²) in [6, 6.07) is 4.40. The van der Waals surface area contributed by atoms with Gasteiger partial charge < -0.3 is 10.6 Å². The number of anilines is 1. The Morgan fingerprint density at radius 3 is 2.50 bits per heavy atom. The number of hydrogen-bond donors (Lipinski definition) is 1. The minimum absolute atomic E-state index is 0.281. The van der Waals surface area contributed by atoms with Gasteiger partial charge in [-0.2, -0.15) is 0 Å². The first-order chi connectivity index (χ1) is 8.47. The van der Waals surface area contributed by atoms with Gasteiger partial charge in [0.15, 0.2) is 0 Å². The number of benzene rings is 1. The van der Waals surface area contributed by atoms with E-state index >= 15 is 0 Å². The second-order valence-corrected chi connectivity index (χ2v) is 6.01. The summed E-state index contributed by atoms with van der Waals surface area (Å²) in [6.07, 6.45) is 3.63. The van der Waals surface area contributed by atoms with Crippen LogP contribution in [-0.4, -0.2) is 12.5 Å². The lowest BCUT2D eigenvalue weighted by atomic mass is 9.85. The number of nitrogens with zero attached hydrogens (tertiary/aromatic N) is 1. The minimum atomic E-state index is -0.310. The van der Waals surface area contributed by atoms with Gasteiger partial charge in [-0.15, -0.1) is 0 Å². The summed E-state index contributed by atoms with van der Waals surface area (Å²) in [5.41, 5.74) is 10.9. The molecule has 3 heteroatoms. The van der Waals surface area contributed by atoms with E-state index in [9.17, 15) is 4.79 Å². The zero-order valence-electron chi connectivity index (χ0n) is 11.1. The van der Waals surface area contributed by atoms with Crippen molar-refractivity contribution in [3.05, 3.63) is 28.8 Å². The summed E-state index contributed by atoms with van der Waals surface area (Å²) < 4.78 is 0. The van der Waals surface area contributed by atoms with Crippen molar-refractivity contribution in [3.63, 3.8) is 0 Å². The number of carbonyl (C=O) groups excluding carboxylic acids is 1. The van der Waals surface area contributed by atoms with E-state index in [2.05, 4.69) is 12.1 Å². The summed E-state index contributed by atoms with van der Waals surface area (Å²) in [6.45, 7) is 4.95. The van der Waals surface area contributed by atoms with Crippen LogP contribution >= 0.6 is 0 Å². The molecule has 3 rings (SSSR count). The maximum Gasteiger partial charge on any atom is 0.227 e. The van der Waals surface area contributed by atoms with Crippen molar-refractivity contribution in [3.8, 4) is 0 Å². The monoisotopic (exact) mass is 244 g/mol. The van der Waals surface area contributed by atoms with E-state index < -0.39 is 0 Å². The van der Waals surface area contributed by atoms with Crippen LogP contribution in [0.3, 0.4) is 0 Å². The first kappa shape index (κ1) is 11.7. The summed E-state index contributed by atoms with van der Waals surface area (Å²) in [4.78, 5) is 13.9. The highest BCUT2D eigenvalue weighted by atomic mass is 16.2. The van der Waals surface area contributed by atoms with Crippen LogP contribution in [0.2, 0.25) is 0 Å². The van der Waals surface area contributed by atoms with Gasteiger partial charge in [-0.25, -0.2) is 0 Å². The SMILES string of the molecule is CC(C)(N)c1cc2c3c(c1)CCC(=O)N3CCC2. The molecule has 2 aliphatic rings. The van der Waals surface area contributed by atoms with E-state index in [4.69, 9.17) is 5.73 Å². The summed E-state index contributed by atoms with van der Waals surface area (Å²) in [5.74, 6) is 0.281. The zero-order valence-corrected chi connectivity index (χ0v) is 11.1. The summed E-state index contributed by atoms with van der Waals surface area (Å²) in [5, 5.41) is 0. The number of hydrogen-bond acceptors (Lipinski definition) is 2. The molecule has 2 N–H and O–H groups in total. The Morgan fingerprint density at radius 1 is 1.17 bits per heavy atom. The van der Waals surface area contributed by atoms with Gasteiger partial charge in [-0.1, -0.05) is 12.1 Å². The van der Waals surface area contributed by atoms with Gasteiger partial charge in [0.2, 0.25) is 5.91 Å². The van der Waals surface area contributed by atoms with E-state index in [0.717, 1.165) is 25.8 Å². The molecule has 2 aliphatic heterocycles. The highest BCUT2D eigenvalue weighted by Crippen LogP contribution is 2.38. The molecule has 0 aromatic heterocycles. The molecule has 96 valence electrons. The fraction of sp³-hybridized carbons (Fsp3) is 0.533. The van der Waals surface area contributed by atoms with E-state index in [-0.39, 0.29) is 11.4 Å². The average molecular weight is 244 g/mol. The van der Waals surface area contributed by atoms with E-state index in [1.54, 1.807) is 0 Å². The van der Waals surface area contributed by atoms with Crippen LogP contribution in [-0.2, 0) is 23.2 Å². The highest BCUT2D eigenvalue weighted by Gasteiger charge is 2.30. The largest absolute Gasteiger partial charge is 0.322 e. The molecule has 1 aromatic rings. The fourth-order valence-corrected chi connectivity index (χ4v) is 3.03. The lowest BCUT2D eigenvalue weighted by Crippen LogP contribution is -2.40. The predicted octanol–water partition coefficient (Wildman–Crippen LogP) is 2.11. The smallest absolute Gasteiger partial charge is 0.227 e. The molecular weight excluding hydrogens is 224 g/mol. The third-order valence-electron chi connectivity index (χ3n) is 4.02. The number of aryl methyl sites for hydroxylation is 2. The molecule has 0 saturated carbocycles. The Kier molecular flexibility index (Phi) is 2.49. The molecule has 0 radical (unpaired) electrons. The van der Waals surface area contributed by atoms with Gasteiger partial charge in [0, 0.05) is 18.5 Å². The molecule has 18 heavy (non-hydrogen) atoms. The Bertz CT molecular complexity index is 497. The number of rotatable bonds is 1. The van der Waals surface area contributed by atoms with E-state index in [0.29, 0.717) is 6.42 Å². The predicted molar refractivity (Wildman–Crippen MR) is 72.7 cm³/mol. The van der Waals surface area contributed by atoms with Gasteiger partial charge in [-0.05, 0) is 49.8 Å². The summed E-state index contributed by atoms with van der Waals surface area (Å²) >= 11 is 0. The average Bonchev–Trinajstić information content (AvgIpc) is 2.32. The maximum atomic E-state index is 12.0. The van der Waals surface area contributed by atoms with Crippen molar-refractivity contribution in [1.82, 2.24) is 0 Å². The first-order valence-electron chi connectivity index (χ1n) is 6.72. The molecule has 0 saturated heterocycles. The molecule has 1 aromatic carbocycles. The van der Waals surface area contributed by atoms with Gasteiger partial charge >= 0.3 is 0 Å². The lowest BCUT2D eigenvalue weighted by Gasteiger charge is -2.36. The number of amides is 1. The van der Waals surface area contributed by atoms with Crippen LogP contribution in [0.25, 0.3) is 0 Å². The molecule has 0 aliphatic carbocycles. The lowest BCUT2D eigenvalue weighted by molar-refractivity contribution is -0.119. The van der Waals surface area contributed by atoms with Crippen molar-refractivity contribution in [2.24, 2.45) is 5.73 Å². The van der Waals surface area contributed by atoms with Crippen molar-refractivity contribution in [1.29, 1.82) is 0 Å². The first-order valence-corrected chi connectivity index (χ1v) is 6.72. The van der Waals surface area contributed by atoms with Gasteiger partial charge in [0.25, 0.3) is 0 Å². The molecule has 1 amide bonds. The van der Waals surface area contributed by atoms with Crippen LogP contribution < -0.4 is 10.6 Å². The van der Waals surface area contributed by atoms with Crippen LogP contribution in [0.4, 0.5) is 5.69 Å². The van der Waals surface area contributed by atoms with Crippen LogP contribution in [0.5, 0.6) is 0 Å². The van der Waals surface area contributed by atoms with Crippen molar-refractivity contribution >= 4 is 11.6 Å². The molecule has 0 atom stereocenters. The molecule has 0 fully saturated rings. The quantitative estimate of drug-likeness (QED) is 0.822. The Hall–Kier alpha value is -1.35. The highest BCUT2D eigenvalue weighted by molar-refractivity contribution is 5.97. The van der Waals surface area contributed by atoms with E-state index in [1.807, 2.05) is 18.7 Å². The summed E-state index contributed by atoms with van der Waals surface area (Å²) in [7, 11) is 0. The zero-order chi connectivity index (χ0) is 12.9. The van der Waals surface area contributed by atoms with Crippen molar-refractivity contribution in [2.45, 2.75) is 45.1 Å². The van der Waals surface area contributed by atoms with Gasteiger partial charge in [0.05, 0.1) is 5.69 Å². The fourth-order valence-electron chi connectivity index (χ4n) is 3.03. The maximum absolute atomic E-state index is 12.0. The Morgan fingerprint density at radius 2 is 1.83 bits per heavy atom. The normalized spacial score (nSPS) is 18.8. The molecule has 0 unspecified atom stereocenters. The van der Waals surface area contributed by atoms with Crippen molar-refractivity contribution < 1.29 is 4.79 Å². The topological polar surface area (TPSA) is 46.3 Å². The van der Waals surface area contributed by atoms with Crippen LogP contribution in [0.15, 0.2) is 12.1 Å².